The van der Waals surface area contributed by atoms with Crippen molar-refractivity contribution >= 4 is 5.78 Å². The zero-order valence-electron chi connectivity index (χ0n) is 8.45. The second-order valence-corrected chi connectivity index (χ2v) is 3.15. The fourth-order valence-electron chi connectivity index (χ4n) is 1.02. The molecular formula is C11H7F3N2O. The Bertz CT molecular complexity index is 495. The number of carbonyl (C=O) groups is 1. The predicted octanol–water partition coefficient (Wildman–Crippen LogP) is 2.15. The summed E-state index contributed by atoms with van der Waals surface area (Å²) < 4.78 is 36.2. The van der Waals surface area contributed by atoms with E-state index in [1.54, 1.807) is 0 Å². The topological polar surface area (TPSA) is 66.9 Å². The standard InChI is InChI=1S/C11H7F3N2O/c12-11(13,14)10(16)5-9(17)8-3-1-7(6-15)2-4-8/h1-5H,16H2/b10-5+. The number of nitriles is 1. The molecule has 0 radical (unpaired) electrons. The Morgan fingerprint density at radius 2 is 1.82 bits per heavy atom. The van der Waals surface area contributed by atoms with Crippen LogP contribution in [0.25, 0.3) is 0 Å². The Morgan fingerprint density at radius 3 is 2.24 bits per heavy atom. The van der Waals surface area contributed by atoms with Gasteiger partial charge in [-0.1, -0.05) is 0 Å². The minimum Gasteiger partial charge on any atom is -0.395 e. The van der Waals surface area contributed by atoms with Crippen molar-refractivity contribution < 1.29 is 18.0 Å². The van der Waals surface area contributed by atoms with Crippen LogP contribution in [0.4, 0.5) is 13.2 Å². The molecule has 0 amide bonds. The van der Waals surface area contributed by atoms with Gasteiger partial charge in [-0.05, 0) is 24.3 Å². The van der Waals surface area contributed by atoms with Crippen molar-refractivity contribution in [3.63, 3.8) is 0 Å². The van der Waals surface area contributed by atoms with Gasteiger partial charge in [-0.25, -0.2) is 0 Å². The first kappa shape index (κ1) is 12.8. The van der Waals surface area contributed by atoms with E-state index in [0.29, 0.717) is 11.6 Å². The first-order valence-electron chi connectivity index (χ1n) is 4.43. The molecule has 0 spiro atoms. The van der Waals surface area contributed by atoms with Crippen LogP contribution in [-0.4, -0.2) is 12.0 Å². The Balaban J connectivity index is 2.95. The summed E-state index contributed by atoms with van der Waals surface area (Å²) in [6, 6.07) is 7.03. The van der Waals surface area contributed by atoms with Crippen LogP contribution in [0.2, 0.25) is 0 Å². The summed E-state index contributed by atoms with van der Waals surface area (Å²) in [5.41, 5.74) is 3.61. The third-order valence-corrected chi connectivity index (χ3v) is 1.91. The molecule has 0 aliphatic carbocycles. The molecule has 0 atom stereocenters. The Hall–Kier alpha value is -2.29. The van der Waals surface area contributed by atoms with Crippen molar-refractivity contribution in [3.8, 4) is 6.07 Å². The maximum absolute atomic E-state index is 12.1. The molecule has 1 rings (SSSR count). The lowest BCUT2D eigenvalue weighted by molar-refractivity contribution is -0.0927. The van der Waals surface area contributed by atoms with Gasteiger partial charge in [0.2, 0.25) is 0 Å². The molecule has 2 N–H and O–H groups in total. The van der Waals surface area contributed by atoms with E-state index in [9.17, 15) is 18.0 Å². The number of halogens is 3. The highest BCUT2D eigenvalue weighted by Crippen LogP contribution is 2.21. The normalized spacial score (nSPS) is 12.0. The van der Waals surface area contributed by atoms with Crippen LogP contribution in [0.15, 0.2) is 36.0 Å². The molecule has 0 heterocycles. The van der Waals surface area contributed by atoms with E-state index >= 15 is 0 Å². The number of benzene rings is 1. The van der Waals surface area contributed by atoms with E-state index in [2.05, 4.69) is 0 Å². The Labute approximate surface area is 95.0 Å². The number of ketones is 1. The maximum atomic E-state index is 12.1. The van der Waals surface area contributed by atoms with Gasteiger partial charge in [0.05, 0.1) is 11.6 Å². The first-order valence-corrected chi connectivity index (χ1v) is 4.43. The highest BCUT2D eigenvalue weighted by molar-refractivity contribution is 6.04. The number of rotatable bonds is 2. The second kappa shape index (κ2) is 4.70. The smallest absolute Gasteiger partial charge is 0.395 e. The monoisotopic (exact) mass is 240 g/mol. The molecule has 0 aromatic heterocycles. The zero-order valence-corrected chi connectivity index (χ0v) is 8.45. The van der Waals surface area contributed by atoms with Crippen LogP contribution in [0, 0.1) is 11.3 Å². The summed E-state index contributed by atoms with van der Waals surface area (Å²) in [7, 11) is 0. The average molecular weight is 240 g/mol. The van der Waals surface area contributed by atoms with Crippen LogP contribution in [0.1, 0.15) is 15.9 Å². The summed E-state index contributed by atoms with van der Waals surface area (Å²) in [6.45, 7) is 0. The van der Waals surface area contributed by atoms with Crippen molar-refractivity contribution in [2.24, 2.45) is 5.73 Å². The van der Waals surface area contributed by atoms with Crippen LogP contribution in [0.5, 0.6) is 0 Å². The maximum Gasteiger partial charge on any atom is 0.430 e. The number of nitrogens with two attached hydrogens (primary N) is 1. The molecular weight excluding hydrogens is 233 g/mol. The minimum atomic E-state index is -4.72. The van der Waals surface area contributed by atoms with Crippen molar-refractivity contribution in [2.75, 3.05) is 0 Å². The molecule has 0 unspecified atom stereocenters. The van der Waals surface area contributed by atoms with Gasteiger partial charge in [0.1, 0.15) is 5.70 Å². The summed E-state index contributed by atoms with van der Waals surface area (Å²) in [5, 5.41) is 8.50. The van der Waals surface area contributed by atoms with Crippen molar-refractivity contribution in [1.82, 2.24) is 0 Å². The molecule has 1 aromatic carbocycles. The number of hydrogen-bond donors (Lipinski definition) is 1. The summed E-state index contributed by atoms with van der Waals surface area (Å²) in [5.74, 6) is -0.857. The van der Waals surface area contributed by atoms with Gasteiger partial charge in [-0.2, -0.15) is 18.4 Å². The molecule has 0 aliphatic rings. The average Bonchev–Trinajstić information content (AvgIpc) is 2.27. The molecule has 0 fully saturated rings. The molecule has 0 aliphatic heterocycles. The third kappa shape index (κ3) is 3.34. The quantitative estimate of drug-likeness (QED) is 0.636. The SMILES string of the molecule is N#Cc1ccc(C(=O)/C=C(/N)C(F)(F)F)cc1. The van der Waals surface area contributed by atoms with Crippen molar-refractivity contribution in [2.45, 2.75) is 6.18 Å². The lowest BCUT2D eigenvalue weighted by atomic mass is 10.1. The molecule has 0 saturated carbocycles. The highest BCUT2D eigenvalue weighted by Gasteiger charge is 2.32. The van der Waals surface area contributed by atoms with Gasteiger partial charge < -0.3 is 5.73 Å². The summed E-state index contributed by atoms with van der Waals surface area (Å²) in [4.78, 5) is 11.4. The second-order valence-electron chi connectivity index (χ2n) is 3.15. The van der Waals surface area contributed by atoms with E-state index in [0.717, 1.165) is 0 Å². The van der Waals surface area contributed by atoms with E-state index < -0.39 is 17.7 Å². The lowest BCUT2D eigenvalue weighted by Crippen LogP contribution is -2.20. The van der Waals surface area contributed by atoms with Gasteiger partial charge in [-0.15, -0.1) is 0 Å². The number of carbonyl (C=O) groups excluding carboxylic acids is 1. The molecule has 0 saturated heterocycles. The van der Waals surface area contributed by atoms with Crippen LogP contribution < -0.4 is 5.73 Å². The molecule has 6 heteroatoms. The van der Waals surface area contributed by atoms with E-state index in [1.165, 1.54) is 24.3 Å². The van der Waals surface area contributed by atoms with Crippen LogP contribution in [-0.2, 0) is 0 Å². The van der Waals surface area contributed by atoms with E-state index in [1.807, 2.05) is 6.07 Å². The molecule has 0 bridgehead atoms. The fraction of sp³-hybridized carbons (Fsp3) is 0.0909. The van der Waals surface area contributed by atoms with E-state index in [4.69, 9.17) is 11.0 Å². The minimum absolute atomic E-state index is 0.0381. The fourth-order valence-corrected chi connectivity index (χ4v) is 1.02. The number of allylic oxidation sites excluding steroid dienone is 2. The van der Waals surface area contributed by atoms with Gasteiger partial charge in [0.25, 0.3) is 0 Å². The lowest BCUT2D eigenvalue weighted by Gasteiger charge is -2.05. The van der Waals surface area contributed by atoms with Gasteiger partial charge in [-0.3, -0.25) is 4.79 Å². The third-order valence-electron chi connectivity index (χ3n) is 1.91. The molecule has 17 heavy (non-hydrogen) atoms. The largest absolute Gasteiger partial charge is 0.430 e. The van der Waals surface area contributed by atoms with Gasteiger partial charge >= 0.3 is 6.18 Å². The van der Waals surface area contributed by atoms with Crippen LogP contribution in [0.3, 0.4) is 0 Å². The number of alkyl halides is 3. The number of nitrogens with zero attached hydrogens (tertiary/aromatic N) is 1. The Kier molecular flexibility index (Phi) is 3.53. The molecule has 3 nitrogen and oxygen atoms in total. The summed E-state index contributed by atoms with van der Waals surface area (Å²) in [6.07, 6.45) is -4.40. The van der Waals surface area contributed by atoms with Crippen LogP contribution >= 0.6 is 0 Å². The van der Waals surface area contributed by atoms with Gasteiger partial charge in [0, 0.05) is 11.6 Å². The van der Waals surface area contributed by atoms with Gasteiger partial charge in [0.15, 0.2) is 5.78 Å². The zero-order chi connectivity index (χ0) is 13.1. The first-order chi connectivity index (χ1) is 7.84. The number of hydrogen-bond acceptors (Lipinski definition) is 3. The van der Waals surface area contributed by atoms with Crippen molar-refractivity contribution in [3.05, 3.63) is 47.2 Å². The van der Waals surface area contributed by atoms with Crippen molar-refractivity contribution in [1.29, 1.82) is 5.26 Å². The Morgan fingerprint density at radius 1 is 1.29 bits per heavy atom. The molecule has 1 aromatic rings. The highest BCUT2D eigenvalue weighted by atomic mass is 19.4. The molecule has 88 valence electrons. The van der Waals surface area contributed by atoms with E-state index in [-0.39, 0.29) is 5.56 Å². The predicted molar refractivity (Wildman–Crippen MR) is 53.8 cm³/mol. The summed E-state index contributed by atoms with van der Waals surface area (Å²) >= 11 is 0.